The highest BCUT2D eigenvalue weighted by Crippen LogP contribution is 2.33. The Morgan fingerprint density at radius 2 is 2.05 bits per heavy atom. The van der Waals surface area contributed by atoms with Gasteiger partial charge in [0.1, 0.15) is 5.69 Å². The molecule has 21 heavy (non-hydrogen) atoms. The Kier molecular flexibility index (Phi) is 5.41. The third-order valence-electron chi connectivity index (χ3n) is 2.95. The van der Waals surface area contributed by atoms with E-state index in [1.54, 1.807) is 12.5 Å². The molecule has 0 fully saturated rings. The minimum atomic E-state index is -0.476. The lowest BCUT2D eigenvalue weighted by molar-refractivity contribution is -0.383. The van der Waals surface area contributed by atoms with Crippen molar-refractivity contribution in [3.63, 3.8) is 0 Å². The number of halogens is 2. The van der Waals surface area contributed by atoms with Gasteiger partial charge in [-0.15, -0.1) is 0 Å². The smallest absolute Gasteiger partial charge is 0.293 e. The fourth-order valence-corrected chi connectivity index (χ4v) is 2.21. The van der Waals surface area contributed by atoms with Crippen molar-refractivity contribution in [1.82, 2.24) is 9.55 Å². The number of hydrogen-bond donors (Lipinski definition) is 1. The fourth-order valence-electron chi connectivity index (χ4n) is 1.89. The first kappa shape index (κ1) is 15.6. The number of nitrogens with one attached hydrogen (secondary N) is 1. The molecule has 2 rings (SSSR count). The van der Waals surface area contributed by atoms with Crippen LogP contribution in [0, 0.1) is 10.1 Å². The Morgan fingerprint density at radius 3 is 2.71 bits per heavy atom. The van der Waals surface area contributed by atoms with E-state index in [0.717, 1.165) is 19.4 Å². The molecule has 1 aromatic heterocycles. The van der Waals surface area contributed by atoms with Gasteiger partial charge >= 0.3 is 0 Å². The number of anilines is 1. The maximum atomic E-state index is 11.0. The molecule has 2 aromatic rings. The molecule has 1 heterocycles. The van der Waals surface area contributed by atoms with Crippen LogP contribution in [-0.2, 0) is 6.54 Å². The molecule has 112 valence electrons. The molecular formula is C13H14Cl2N4O2. The van der Waals surface area contributed by atoms with Crippen molar-refractivity contribution >= 4 is 34.6 Å². The number of unbranched alkanes of at least 4 members (excludes halogenated alkanes) is 1. The number of nitro groups is 1. The van der Waals surface area contributed by atoms with E-state index < -0.39 is 4.92 Å². The van der Waals surface area contributed by atoms with Gasteiger partial charge < -0.3 is 9.88 Å². The van der Waals surface area contributed by atoms with Gasteiger partial charge in [-0.2, -0.15) is 0 Å². The standard InChI is InChI=1S/C13H14Cl2N4O2/c14-10-7-12(13(19(20)21)8-11(10)15)17-3-1-2-5-18-6-4-16-9-18/h4,6-9,17H,1-3,5H2. The van der Waals surface area contributed by atoms with Gasteiger partial charge in [0.25, 0.3) is 5.69 Å². The fraction of sp³-hybridized carbons (Fsp3) is 0.308. The molecule has 1 aromatic carbocycles. The monoisotopic (exact) mass is 328 g/mol. The second-order valence-electron chi connectivity index (χ2n) is 4.47. The Labute approximate surface area is 131 Å². The molecule has 0 saturated carbocycles. The van der Waals surface area contributed by atoms with Crippen molar-refractivity contribution in [2.75, 3.05) is 11.9 Å². The van der Waals surface area contributed by atoms with E-state index in [-0.39, 0.29) is 10.7 Å². The van der Waals surface area contributed by atoms with Crippen LogP contribution in [0.1, 0.15) is 12.8 Å². The van der Waals surface area contributed by atoms with E-state index in [4.69, 9.17) is 23.2 Å². The van der Waals surface area contributed by atoms with Gasteiger partial charge in [0.15, 0.2) is 0 Å². The van der Waals surface area contributed by atoms with Crippen LogP contribution in [-0.4, -0.2) is 21.0 Å². The Bertz CT molecular complexity index is 617. The molecule has 0 bridgehead atoms. The highest BCUT2D eigenvalue weighted by Gasteiger charge is 2.16. The number of aromatic nitrogens is 2. The summed E-state index contributed by atoms with van der Waals surface area (Å²) in [5, 5.41) is 14.5. The summed E-state index contributed by atoms with van der Waals surface area (Å²) < 4.78 is 1.99. The minimum Gasteiger partial charge on any atom is -0.379 e. The summed E-state index contributed by atoms with van der Waals surface area (Å²) in [4.78, 5) is 14.5. The highest BCUT2D eigenvalue weighted by molar-refractivity contribution is 6.42. The molecule has 8 heteroatoms. The second kappa shape index (κ2) is 7.28. The molecule has 0 aliphatic heterocycles. The molecule has 0 aliphatic carbocycles. The topological polar surface area (TPSA) is 73.0 Å². The minimum absolute atomic E-state index is 0.0704. The van der Waals surface area contributed by atoms with Gasteiger partial charge in [0.05, 0.1) is 21.3 Å². The zero-order valence-corrected chi connectivity index (χ0v) is 12.6. The lowest BCUT2D eigenvalue weighted by atomic mass is 10.2. The van der Waals surface area contributed by atoms with Crippen molar-refractivity contribution in [2.45, 2.75) is 19.4 Å². The van der Waals surface area contributed by atoms with Gasteiger partial charge in [0, 0.05) is 31.5 Å². The number of rotatable bonds is 7. The zero-order valence-electron chi connectivity index (χ0n) is 11.1. The van der Waals surface area contributed by atoms with Gasteiger partial charge in [-0.25, -0.2) is 4.98 Å². The number of imidazole rings is 1. The molecule has 0 amide bonds. The number of nitro benzene ring substituents is 1. The molecule has 0 saturated heterocycles. The largest absolute Gasteiger partial charge is 0.379 e. The van der Waals surface area contributed by atoms with E-state index in [0.29, 0.717) is 17.3 Å². The van der Waals surface area contributed by atoms with Crippen LogP contribution < -0.4 is 5.32 Å². The first-order valence-electron chi connectivity index (χ1n) is 6.41. The highest BCUT2D eigenvalue weighted by atomic mass is 35.5. The van der Waals surface area contributed by atoms with Gasteiger partial charge in [-0.3, -0.25) is 10.1 Å². The van der Waals surface area contributed by atoms with Crippen LogP contribution in [0.3, 0.4) is 0 Å². The van der Waals surface area contributed by atoms with Crippen molar-refractivity contribution < 1.29 is 4.92 Å². The predicted molar refractivity (Wildman–Crippen MR) is 83.1 cm³/mol. The van der Waals surface area contributed by atoms with Crippen LogP contribution in [0.4, 0.5) is 11.4 Å². The van der Waals surface area contributed by atoms with E-state index in [1.807, 2.05) is 10.8 Å². The van der Waals surface area contributed by atoms with Gasteiger partial charge in [-0.1, -0.05) is 23.2 Å². The number of aryl methyl sites for hydroxylation is 1. The molecule has 0 radical (unpaired) electrons. The summed E-state index contributed by atoms with van der Waals surface area (Å²) in [6, 6.07) is 2.75. The lowest BCUT2D eigenvalue weighted by Crippen LogP contribution is -2.06. The lowest BCUT2D eigenvalue weighted by Gasteiger charge is -2.08. The molecule has 6 nitrogen and oxygen atoms in total. The first-order valence-corrected chi connectivity index (χ1v) is 7.16. The quantitative estimate of drug-likeness (QED) is 0.473. The zero-order chi connectivity index (χ0) is 15.2. The summed E-state index contributed by atoms with van der Waals surface area (Å²) in [6.45, 7) is 1.48. The van der Waals surface area contributed by atoms with Gasteiger partial charge in [-0.05, 0) is 18.9 Å². The molecular weight excluding hydrogens is 315 g/mol. The summed E-state index contributed by atoms with van der Waals surface area (Å²) in [6.07, 6.45) is 7.21. The van der Waals surface area contributed by atoms with Crippen LogP contribution in [0.25, 0.3) is 0 Å². The molecule has 0 atom stereocenters. The van der Waals surface area contributed by atoms with Crippen LogP contribution in [0.2, 0.25) is 10.0 Å². The molecule has 0 unspecified atom stereocenters. The summed E-state index contributed by atoms with van der Waals surface area (Å²) in [7, 11) is 0. The van der Waals surface area contributed by atoms with Crippen molar-refractivity contribution in [1.29, 1.82) is 0 Å². The summed E-state index contributed by atoms with van der Waals surface area (Å²) in [5.41, 5.74) is 0.316. The Hall–Kier alpha value is -1.79. The van der Waals surface area contributed by atoms with Crippen LogP contribution in [0.5, 0.6) is 0 Å². The second-order valence-corrected chi connectivity index (χ2v) is 5.29. The maximum Gasteiger partial charge on any atom is 0.293 e. The molecule has 0 aliphatic rings. The molecule has 1 N–H and O–H groups in total. The average molecular weight is 329 g/mol. The van der Waals surface area contributed by atoms with Crippen molar-refractivity contribution in [3.05, 3.63) is 51.0 Å². The third kappa shape index (κ3) is 4.34. The third-order valence-corrected chi connectivity index (χ3v) is 3.68. The summed E-state index contributed by atoms with van der Waals surface area (Å²) in [5.74, 6) is 0. The normalized spacial score (nSPS) is 10.6. The van der Waals surface area contributed by atoms with Crippen LogP contribution in [0.15, 0.2) is 30.9 Å². The SMILES string of the molecule is O=[N+]([O-])c1cc(Cl)c(Cl)cc1NCCCCn1ccnc1. The first-order chi connectivity index (χ1) is 10.1. The van der Waals surface area contributed by atoms with Crippen LogP contribution >= 0.6 is 23.2 Å². The van der Waals surface area contributed by atoms with E-state index in [9.17, 15) is 10.1 Å². The summed E-state index contributed by atoms with van der Waals surface area (Å²) >= 11 is 11.7. The average Bonchev–Trinajstić information content (AvgIpc) is 2.95. The number of hydrogen-bond acceptors (Lipinski definition) is 4. The van der Waals surface area contributed by atoms with Gasteiger partial charge in [0.2, 0.25) is 0 Å². The van der Waals surface area contributed by atoms with E-state index in [1.165, 1.54) is 12.1 Å². The van der Waals surface area contributed by atoms with Crippen molar-refractivity contribution in [3.8, 4) is 0 Å². The van der Waals surface area contributed by atoms with E-state index in [2.05, 4.69) is 10.3 Å². The van der Waals surface area contributed by atoms with Crippen molar-refractivity contribution in [2.24, 2.45) is 0 Å². The Morgan fingerprint density at radius 1 is 1.29 bits per heavy atom. The van der Waals surface area contributed by atoms with E-state index >= 15 is 0 Å². The predicted octanol–water partition coefficient (Wildman–Crippen LogP) is 3.99. The number of nitrogens with zero attached hydrogens (tertiary/aromatic N) is 3. The maximum absolute atomic E-state index is 11.0. The Balaban J connectivity index is 1.87. The molecule has 0 spiro atoms. The number of benzene rings is 1.